The molecule has 0 radical (unpaired) electrons. The summed E-state index contributed by atoms with van der Waals surface area (Å²) in [5, 5.41) is 10.3. The van der Waals surface area contributed by atoms with Gasteiger partial charge in [-0.1, -0.05) is 0 Å². The molecule has 0 fully saturated rings. The molecule has 0 bridgehead atoms. The number of hydrogen-bond acceptors (Lipinski definition) is 4. The molecule has 1 aromatic carbocycles. The number of aliphatic hydroxyl groups is 1. The van der Waals surface area contributed by atoms with Gasteiger partial charge in [0.1, 0.15) is 18.2 Å². The largest absolute Gasteiger partial charge is 0.488 e. The minimum Gasteiger partial charge on any atom is -0.488 e. The van der Waals surface area contributed by atoms with Gasteiger partial charge in [-0.3, -0.25) is 0 Å². The molecule has 96 valence electrons. The Morgan fingerprint density at radius 1 is 1.50 bits per heavy atom. The van der Waals surface area contributed by atoms with E-state index in [9.17, 15) is 9.50 Å². The molecule has 1 N–H and O–H groups in total. The number of hydrogen-bond donors (Lipinski definition) is 1. The van der Waals surface area contributed by atoms with Crippen LogP contribution >= 0.6 is 11.3 Å². The molecule has 1 atom stereocenters. The predicted octanol–water partition coefficient (Wildman–Crippen LogP) is 3.22. The number of thiazole rings is 1. The van der Waals surface area contributed by atoms with Crippen molar-refractivity contribution >= 4 is 11.3 Å². The standard InChI is InChI=1S/C13H14FNO2S/c1-8(16)12-4-3-10(5-13(12)14)17-7-11-6-15-9(2)18-11/h3-6,8,16H,7H2,1-2H3. The Balaban J connectivity index is 2.04. The number of nitrogens with zero attached hydrogens (tertiary/aromatic N) is 1. The van der Waals surface area contributed by atoms with Crippen LogP contribution in [0.2, 0.25) is 0 Å². The Bertz CT molecular complexity index is 540. The lowest BCUT2D eigenvalue weighted by Gasteiger charge is -2.09. The van der Waals surface area contributed by atoms with Gasteiger partial charge in [0.05, 0.1) is 16.0 Å². The van der Waals surface area contributed by atoms with Gasteiger partial charge in [0, 0.05) is 17.8 Å². The van der Waals surface area contributed by atoms with Crippen LogP contribution in [0.25, 0.3) is 0 Å². The lowest BCUT2D eigenvalue weighted by Crippen LogP contribution is -1.98. The zero-order chi connectivity index (χ0) is 13.1. The highest BCUT2D eigenvalue weighted by Gasteiger charge is 2.09. The van der Waals surface area contributed by atoms with Crippen molar-refractivity contribution in [3.63, 3.8) is 0 Å². The summed E-state index contributed by atoms with van der Waals surface area (Å²) in [6.07, 6.45) is 0.934. The molecule has 0 aliphatic carbocycles. The third kappa shape index (κ3) is 3.05. The van der Waals surface area contributed by atoms with Crippen LogP contribution in [0.3, 0.4) is 0 Å². The van der Waals surface area contributed by atoms with Crippen molar-refractivity contribution in [1.29, 1.82) is 0 Å². The number of ether oxygens (including phenoxy) is 1. The van der Waals surface area contributed by atoms with E-state index in [0.717, 1.165) is 9.88 Å². The Hall–Kier alpha value is -1.46. The van der Waals surface area contributed by atoms with E-state index in [1.54, 1.807) is 23.6 Å². The number of benzene rings is 1. The Labute approximate surface area is 109 Å². The maximum atomic E-state index is 13.6. The molecule has 0 saturated heterocycles. The van der Waals surface area contributed by atoms with Crippen molar-refractivity contribution < 1.29 is 14.2 Å². The summed E-state index contributed by atoms with van der Waals surface area (Å²) >= 11 is 1.55. The minimum atomic E-state index is -0.816. The Morgan fingerprint density at radius 2 is 2.28 bits per heavy atom. The lowest BCUT2D eigenvalue weighted by atomic mass is 10.1. The number of aryl methyl sites for hydroxylation is 1. The summed E-state index contributed by atoms with van der Waals surface area (Å²) in [4.78, 5) is 5.11. The predicted molar refractivity (Wildman–Crippen MR) is 68.2 cm³/mol. The van der Waals surface area contributed by atoms with Crippen LogP contribution < -0.4 is 4.74 Å². The molecule has 0 aliphatic rings. The second-order valence-electron chi connectivity index (χ2n) is 3.99. The van der Waals surface area contributed by atoms with E-state index in [-0.39, 0.29) is 5.56 Å². The van der Waals surface area contributed by atoms with Crippen LogP contribution in [0.5, 0.6) is 5.75 Å². The number of halogens is 1. The van der Waals surface area contributed by atoms with Crippen LogP contribution in [-0.2, 0) is 6.61 Å². The average Bonchev–Trinajstić information content (AvgIpc) is 2.72. The Morgan fingerprint density at radius 3 is 2.83 bits per heavy atom. The minimum absolute atomic E-state index is 0.274. The normalized spacial score (nSPS) is 12.4. The van der Waals surface area contributed by atoms with Gasteiger partial charge in [-0.15, -0.1) is 11.3 Å². The highest BCUT2D eigenvalue weighted by Crippen LogP contribution is 2.23. The summed E-state index contributed by atoms with van der Waals surface area (Å²) in [6, 6.07) is 4.47. The molecule has 2 rings (SSSR count). The van der Waals surface area contributed by atoms with Crippen LogP contribution in [0, 0.1) is 12.7 Å². The fraction of sp³-hybridized carbons (Fsp3) is 0.308. The fourth-order valence-electron chi connectivity index (χ4n) is 1.56. The second-order valence-corrected chi connectivity index (χ2v) is 5.31. The molecule has 0 spiro atoms. The van der Waals surface area contributed by atoms with Crippen molar-refractivity contribution in [2.75, 3.05) is 0 Å². The molecule has 3 nitrogen and oxygen atoms in total. The van der Waals surface area contributed by atoms with Crippen LogP contribution in [-0.4, -0.2) is 10.1 Å². The molecule has 0 aliphatic heterocycles. The first kappa shape index (κ1) is 13.0. The van der Waals surface area contributed by atoms with Gasteiger partial charge >= 0.3 is 0 Å². The van der Waals surface area contributed by atoms with E-state index in [1.807, 2.05) is 6.92 Å². The SMILES string of the molecule is Cc1ncc(COc2ccc(C(C)O)c(F)c2)s1. The summed E-state index contributed by atoms with van der Waals surface area (Å²) in [5.74, 6) is -0.00839. The first-order chi connectivity index (χ1) is 8.56. The van der Waals surface area contributed by atoms with Gasteiger partial charge in [-0.2, -0.15) is 0 Å². The van der Waals surface area contributed by atoms with E-state index >= 15 is 0 Å². The van der Waals surface area contributed by atoms with Crippen molar-refractivity contribution in [3.8, 4) is 5.75 Å². The Kier molecular flexibility index (Phi) is 3.93. The van der Waals surface area contributed by atoms with Gasteiger partial charge in [0.2, 0.25) is 0 Å². The topological polar surface area (TPSA) is 42.4 Å². The summed E-state index contributed by atoms with van der Waals surface area (Å²) in [5.41, 5.74) is 0.274. The van der Waals surface area contributed by atoms with Crippen molar-refractivity contribution in [2.45, 2.75) is 26.6 Å². The van der Waals surface area contributed by atoms with Gasteiger partial charge in [-0.05, 0) is 26.0 Å². The van der Waals surface area contributed by atoms with E-state index < -0.39 is 11.9 Å². The second kappa shape index (κ2) is 5.46. The van der Waals surface area contributed by atoms with Crippen LogP contribution in [0.15, 0.2) is 24.4 Å². The molecular weight excluding hydrogens is 253 g/mol. The van der Waals surface area contributed by atoms with Gasteiger partial charge < -0.3 is 9.84 Å². The third-order valence-electron chi connectivity index (χ3n) is 2.47. The number of aromatic nitrogens is 1. The van der Waals surface area contributed by atoms with Crippen molar-refractivity contribution in [2.24, 2.45) is 0 Å². The first-order valence-corrected chi connectivity index (χ1v) is 6.39. The van der Waals surface area contributed by atoms with E-state index in [1.165, 1.54) is 19.1 Å². The maximum absolute atomic E-state index is 13.6. The number of rotatable bonds is 4. The summed E-state index contributed by atoms with van der Waals surface area (Å²) in [6.45, 7) is 3.82. The molecule has 0 amide bonds. The van der Waals surface area contributed by atoms with Gasteiger partial charge in [0.15, 0.2) is 0 Å². The molecule has 1 unspecified atom stereocenters. The van der Waals surface area contributed by atoms with Gasteiger partial charge in [0.25, 0.3) is 0 Å². The zero-order valence-electron chi connectivity index (χ0n) is 10.2. The molecule has 1 aromatic heterocycles. The summed E-state index contributed by atoms with van der Waals surface area (Å²) in [7, 11) is 0. The molecular formula is C13H14FNO2S. The molecule has 5 heteroatoms. The molecule has 18 heavy (non-hydrogen) atoms. The quantitative estimate of drug-likeness (QED) is 0.924. The molecule has 1 heterocycles. The zero-order valence-corrected chi connectivity index (χ0v) is 11.0. The van der Waals surface area contributed by atoms with Crippen LogP contribution in [0.4, 0.5) is 4.39 Å². The van der Waals surface area contributed by atoms with E-state index in [4.69, 9.17) is 4.74 Å². The first-order valence-electron chi connectivity index (χ1n) is 5.58. The van der Waals surface area contributed by atoms with E-state index in [2.05, 4.69) is 4.98 Å². The monoisotopic (exact) mass is 267 g/mol. The van der Waals surface area contributed by atoms with Crippen molar-refractivity contribution in [1.82, 2.24) is 4.98 Å². The highest BCUT2D eigenvalue weighted by atomic mass is 32.1. The van der Waals surface area contributed by atoms with Crippen LogP contribution in [0.1, 0.15) is 28.5 Å². The lowest BCUT2D eigenvalue weighted by molar-refractivity contribution is 0.194. The van der Waals surface area contributed by atoms with E-state index in [0.29, 0.717) is 12.4 Å². The average molecular weight is 267 g/mol. The third-order valence-corrected chi connectivity index (χ3v) is 3.36. The fourth-order valence-corrected chi connectivity index (χ4v) is 2.27. The highest BCUT2D eigenvalue weighted by molar-refractivity contribution is 7.11. The number of aliphatic hydroxyl groups excluding tert-OH is 1. The smallest absolute Gasteiger partial charge is 0.132 e. The molecule has 0 saturated carbocycles. The van der Waals surface area contributed by atoms with Crippen molar-refractivity contribution in [3.05, 3.63) is 45.7 Å². The van der Waals surface area contributed by atoms with Gasteiger partial charge in [-0.25, -0.2) is 9.37 Å². The molecule has 2 aromatic rings. The maximum Gasteiger partial charge on any atom is 0.132 e. The summed E-state index contributed by atoms with van der Waals surface area (Å²) < 4.78 is 19.1.